The van der Waals surface area contributed by atoms with Gasteiger partial charge in [0.15, 0.2) is 5.78 Å². The molecule has 0 bridgehead atoms. The third-order valence-electron chi connectivity index (χ3n) is 2.36. The smallest absolute Gasteiger partial charge is 0.222 e. The van der Waals surface area contributed by atoms with Crippen LogP contribution in [0.4, 0.5) is 0 Å². The Morgan fingerprint density at radius 1 is 1.17 bits per heavy atom. The molecule has 4 nitrogen and oxygen atoms in total. The molecule has 0 aliphatic rings. The number of ether oxygens (including phenoxy) is 1. The number of ketones is 1. The van der Waals surface area contributed by atoms with Gasteiger partial charge in [0.05, 0.1) is 13.2 Å². The molecule has 0 aromatic heterocycles. The molecule has 1 aromatic rings. The number of hydrogen-bond donors (Lipinski definition) is 1. The maximum absolute atomic E-state index is 11.7. The fourth-order valence-electron chi connectivity index (χ4n) is 1.40. The molecule has 1 rings (SSSR count). The first-order valence-corrected chi connectivity index (χ1v) is 6.16. The highest BCUT2D eigenvalue weighted by molar-refractivity contribution is 5.99. The predicted octanol–water partition coefficient (Wildman–Crippen LogP) is 1.80. The normalized spacial score (nSPS) is 10.1. The Kier molecular flexibility index (Phi) is 6.72. The molecule has 0 saturated carbocycles. The van der Waals surface area contributed by atoms with Crippen molar-refractivity contribution in [1.82, 2.24) is 5.32 Å². The maximum Gasteiger partial charge on any atom is 0.222 e. The molecule has 1 N–H and O–H groups in total. The standard InChI is InChI=1S/C14H19NO3/c1-2-9-18-10-8-14(17)15-11-13(16)12-6-4-3-5-7-12/h3-7H,2,8-11H2,1H3,(H,15,17). The number of benzene rings is 1. The summed E-state index contributed by atoms with van der Waals surface area (Å²) >= 11 is 0. The van der Waals surface area contributed by atoms with Crippen molar-refractivity contribution in [3.8, 4) is 0 Å². The first-order chi connectivity index (χ1) is 8.74. The fourth-order valence-corrected chi connectivity index (χ4v) is 1.40. The molecule has 0 radical (unpaired) electrons. The minimum atomic E-state index is -0.157. The average Bonchev–Trinajstić information content (AvgIpc) is 2.42. The number of carbonyl (C=O) groups excluding carboxylic acids is 2. The lowest BCUT2D eigenvalue weighted by Crippen LogP contribution is -2.30. The van der Waals surface area contributed by atoms with E-state index in [0.717, 1.165) is 6.42 Å². The Morgan fingerprint density at radius 3 is 2.56 bits per heavy atom. The molecule has 0 atom stereocenters. The van der Waals surface area contributed by atoms with Gasteiger partial charge in [0.25, 0.3) is 0 Å². The SMILES string of the molecule is CCCOCCC(=O)NCC(=O)c1ccccc1. The zero-order chi connectivity index (χ0) is 13.2. The van der Waals surface area contributed by atoms with E-state index in [1.165, 1.54) is 0 Å². The first-order valence-electron chi connectivity index (χ1n) is 6.16. The Labute approximate surface area is 107 Å². The second kappa shape index (κ2) is 8.42. The maximum atomic E-state index is 11.7. The molecule has 18 heavy (non-hydrogen) atoms. The molecule has 0 spiro atoms. The predicted molar refractivity (Wildman–Crippen MR) is 69.5 cm³/mol. The van der Waals surface area contributed by atoms with Gasteiger partial charge in [-0.1, -0.05) is 37.3 Å². The lowest BCUT2D eigenvalue weighted by atomic mass is 10.1. The van der Waals surface area contributed by atoms with E-state index in [-0.39, 0.29) is 18.2 Å². The molecule has 0 unspecified atom stereocenters. The highest BCUT2D eigenvalue weighted by Crippen LogP contribution is 1.98. The summed E-state index contributed by atoms with van der Waals surface area (Å²) in [6.45, 7) is 3.12. The van der Waals surface area contributed by atoms with Crippen LogP contribution < -0.4 is 5.32 Å². The van der Waals surface area contributed by atoms with Crippen LogP contribution in [-0.2, 0) is 9.53 Å². The number of Topliss-reactive ketones (excluding diaryl/α,β-unsaturated/α-hetero) is 1. The average molecular weight is 249 g/mol. The molecular formula is C14H19NO3. The van der Waals surface area contributed by atoms with E-state index in [2.05, 4.69) is 5.32 Å². The quantitative estimate of drug-likeness (QED) is 0.564. The largest absolute Gasteiger partial charge is 0.381 e. The lowest BCUT2D eigenvalue weighted by Gasteiger charge is -2.05. The van der Waals surface area contributed by atoms with E-state index in [4.69, 9.17) is 4.74 Å². The van der Waals surface area contributed by atoms with Gasteiger partial charge in [0.2, 0.25) is 5.91 Å². The number of rotatable bonds is 8. The van der Waals surface area contributed by atoms with Gasteiger partial charge in [0.1, 0.15) is 0 Å². The molecule has 4 heteroatoms. The van der Waals surface area contributed by atoms with Crippen molar-refractivity contribution in [2.75, 3.05) is 19.8 Å². The summed E-state index contributed by atoms with van der Waals surface area (Å²) in [4.78, 5) is 23.1. The van der Waals surface area contributed by atoms with Gasteiger partial charge >= 0.3 is 0 Å². The summed E-state index contributed by atoms with van der Waals surface area (Å²) in [5.74, 6) is -0.242. The minimum absolute atomic E-state index is 0.0383. The van der Waals surface area contributed by atoms with Crippen LogP contribution in [0.15, 0.2) is 30.3 Å². The Bertz CT molecular complexity index is 376. The number of nitrogens with one attached hydrogen (secondary N) is 1. The van der Waals surface area contributed by atoms with Crippen LogP contribution in [-0.4, -0.2) is 31.4 Å². The molecule has 98 valence electrons. The Balaban J connectivity index is 2.20. The van der Waals surface area contributed by atoms with Gasteiger partial charge in [0, 0.05) is 18.6 Å². The van der Waals surface area contributed by atoms with Crippen molar-refractivity contribution in [2.45, 2.75) is 19.8 Å². The van der Waals surface area contributed by atoms with Crippen LogP contribution in [0.3, 0.4) is 0 Å². The van der Waals surface area contributed by atoms with Crippen molar-refractivity contribution in [1.29, 1.82) is 0 Å². The number of amides is 1. The van der Waals surface area contributed by atoms with Crippen molar-refractivity contribution >= 4 is 11.7 Å². The molecule has 0 aliphatic carbocycles. The van der Waals surface area contributed by atoms with Gasteiger partial charge in [-0.2, -0.15) is 0 Å². The zero-order valence-corrected chi connectivity index (χ0v) is 10.6. The summed E-state index contributed by atoms with van der Waals surface area (Å²) in [6.07, 6.45) is 1.23. The molecular weight excluding hydrogens is 230 g/mol. The molecule has 0 fully saturated rings. The summed E-state index contributed by atoms with van der Waals surface area (Å²) in [6, 6.07) is 8.92. The van der Waals surface area contributed by atoms with Gasteiger partial charge < -0.3 is 10.1 Å². The third kappa shape index (κ3) is 5.59. The van der Waals surface area contributed by atoms with Crippen molar-refractivity contribution in [3.05, 3.63) is 35.9 Å². The minimum Gasteiger partial charge on any atom is -0.381 e. The highest BCUT2D eigenvalue weighted by atomic mass is 16.5. The number of hydrogen-bond acceptors (Lipinski definition) is 3. The van der Waals surface area contributed by atoms with E-state index in [9.17, 15) is 9.59 Å². The second-order valence-corrected chi connectivity index (χ2v) is 3.93. The van der Waals surface area contributed by atoms with E-state index in [1.54, 1.807) is 24.3 Å². The van der Waals surface area contributed by atoms with Crippen LogP contribution in [0.5, 0.6) is 0 Å². The summed E-state index contributed by atoms with van der Waals surface area (Å²) < 4.78 is 5.20. The molecule has 0 heterocycles. The summed E-state index contributed by atoms with van der Waals surface area (Å²) in [5, 5.41) is 2.59. The molecule has 0 saturated heterocycles. The molecule has 1 aromatic carbocycles. The fraction of sp³-hybridized carbons (Fsp3) is 0.429. The second-order valence-electron chi connectivity index (χ2n) is 3.93. The van der Waals surface area contributed by atoms with E-state index in [0.29, 0.717) is 25.2 Å². The molecule has 1 amide bonds. The van der Waals surface area contributed by atoms with Gasteiger partial charge in [-0.3, -0.25) is 9.59 Å². The van der Waals surface area contributed by atoms with Crippen LogP contribution in [0.2, 0.25) is 0 Å². The molecule has 0 aliphatic heterocycles. The van der Waals surface area contributed by atoms with Gasteiger partial charge in [-0.25, -0.2) is 0 Å². The zero-order valence-electron chi connectivity index (χ0n) is 10.6. The van der Waals surface area contributed by atoms with Gasteiger partial charge in [-0.05, 0) is 6.42 Å². The summed E-state index contributed by atoms with van der Waals surface area (Å²) in [5.41, 5.74) is 0.611. The summed E-state index contributed by atoms with van der Waals surface area (Å²) in [7, 11) is 0. The van der Waals surface area contributed by atoms with E-state index >= 15 is 0 Å². The Hall–Kier alpha value is -1.68. The van der Waals surface area contributed by atoms with E-state index < -0.39 is 0 Å². The Morgan fingerprint density at radius 2 is 1.89 bits per heavy atom. The number of carbonyl (C=O) groups is 2. The van der Waals surface area contributed by atoms with Crippen LogP contribution >= 0.6 is 0 Å². The van der Waals surface area contributed by atoms with Crippen LogP contribution in [0.1, 0.15) is 30.1 Å². The third-order valence-corrected chi connectivity index (χ3v) is 2.36. The van der Waals surface area contributed by atoms with Crippen LogP contribution in [0.25, 0.3) is 0 Å². The monoisotopic (exact) mass is 249 g/mol. The van der Waals surface area contributed by atoms with Crippen molar-refractivity contribution < 1.29 is 14.3 Å². The lowest BCUT2D eigenvalue weighted by molar-refractivity contribution is -0.122. The topological polar surface area (TPSA) is 55.4 Å². The first kappa shape index (κ1) is 14.4. The van der Waals surface area contributed by atoms with Crippen molar-refractivity contribution in [2.24, 2.45) is 0 Å². The van der Waals surface area contributed by atoms with Gasteiger partial charge in [-0.15, -0.1) is 0 Å². The highest BCUT2D eigenvalue weighted by Gasteiger charge is 2.07. The van der Waals surface area contributed by atoms with Crippen LogP contribution in [0, 0.1) is 0 Å². The van der Waals surface area contributed by atoms with E-state index in [1.807, 2.05) is 13.0 Å². The van der Waals surface area contributed by atoms with Crippen molar-refractivity contribution in [3.63, 3.8) is 0 Å².